The van der Waals surface area contributed by atoms with Crippen LogP contribution in [-0.4, -0.2) is 9.97 Å². The normalized spacial score (nSPS) is 12.3. The van der Waals surface area contributed by atoms with Gasteiger partial charge >= 0.3 is 0 Å². The second-order valence-corrected chi connectivity index (χ2v) is 6.88. The number of hydrogen-bond acceptors (Lipinski definition) is 3. The molecule has 0 saturated carbocycles. The molecule has 0 saturated heterocycles. The van der Waals surface area contributed by atoms with Crippen molar-refractivity contribution in [1.82, 2.24) is 9.97 Å². The van der Waals surface area contributed by atoms with E-state index >= 15 is 0 Å². The van der Waals surface area contributed by atoms with E-state index < -0.39 is 0 Å². The van der Waals surface area contributed by atoms with E-state index in [1.807, 2.05) is 11.3 Å². The number of fused-ring (bicyclic) bond motifs is 1. The van der Waals surface area contributed by atoms with Gasteiger partial charge in [-0.1, -0.05) is 41.5 Å². The Morgan fingerprint density at radius 3 is 2.06 bits per heavy atom. The molecule has 18 heavy (non-hydrogen) atoms. The summed E-state index contributed by atoms with van der Waals surface area (Å²) in [6.45, 7) is 13.2. The average Bonchev–Trinajstić information content (AvgIpc) is 2.70. The number of rotatable bonds is 3. The molecule has 2 aromatic rings. The quantitative estimate of drug-likeness (QED) is 0.772. The fourth-order valence-electron chi connectivity index (χ4n) is 1.92. The average molecular weight is 262 g/mol. The van der Waals surface area contributed by atoms with Crippen molar-refractivity contribution in [1.29, 1.82) is 0 Å². The molecule has 0 atom stereocenters. The van der Waals surface area contributed by atoms with Gasteiger partial charge in [-0.15, -0.1) is 11.3 Å². The lowest BCUT2D eigenvalue weighted by atomic mass is 10.1. The first-order valence-corrected chi connectivity index (χ1v) is 7.53. The first-order chi connectivity index (χ1) is 8.40. The zero-order chi connectivity index (χ0) is 13.4. The molecule has 0 spiro atoms. The number of nitrogens with zero attached hydrogens (tertiary/aromatic N) is 2. The molecule has 0 unspecified atom stereocenters. The lowest BCUT2D eigenvalue weighted by Gasteiger charge is -2.10. The number of thiophene rings is 1. The zero-order valence-corrected chi connectivity index (χ0v) is 12.9. The first-order valence-electron chi connectivity index (χ1n) is 6.71. The highest BCUT2D eigenvalue weighted by atomic mass is 32.1. The Hall–Kier alpha value is -0.960. The molecule has 2 aromatic heterocycles. The van der Waals surface area contributed by atoms with Gasteiger partial charge < -0.3 is 0 Å². The summed E-state index contributed by atoms with van der Waals surface area (Å²) < 4.78 is 1.28. The Kier molecular flexibility index (Phi) is 3.71. The molecular formula is C15H22N2S. The van der Waals surface area contributed by atoms with Crippen LogP contribution in [0, 0.1) is 0 Å². The van der Waals surface area contributed by atoms with E-state index in [0.717, 1.165) is 11.3 Å². The van der Waals surface area contributed by atoms with Crippen LogP contribution in [0.3, 0.4) is 0 Å². The predicted molar refractivity (Wildman–Crippen MR) is 79.7 cm³/mol. The molecule has 0 amide bonds. The summed E-state index contributed by atoms with van der Waals surface area (Å²) in [6, 6.07) is 2.24. The summed E-state index contributed by atoms with van der Waals surface area (Å²) in [6.07, 6.45) is 0. The lowest BCUT2D eigenvalue weighted by molar-refractivity contribution is 0.744. The van der Waals surface area contributed by atoms with Crippen LogP contribution in [-0.2, 0) is 0 Å². The largest absolute Gasteiger partial charge is 0.236 e. The summed E-state index contributed by atoms with van der Waals surface area (Å²) >= 11 is 1.86. The topological polar surface area (TPSA) is 25.8 Å². The summed E-state index contributed by atoms with van der Waals surface area (Å²) in [5.41, 5.74) is 2.34. The van der Waals surface area contributed by atoms with Gasteiger partial charge in [0, 0.05) is 10.8 Å². The molecule has 0 radical (unpaired) electrons. The van der Waals surface area contributed by atoms with Crippen molar-refractivity contribution < 1.29 is 0 Å². The molecule has 98 valence electrons. The molecule has 0 N–H and O–H groups in total. The van der Waals surface area contributed by atoms with Crippen molar-refractivity contribution in [2.24, 2.45) is 0 Å². The van der Waals surface area contributed by atoms with Gasteiger partial charge in [-0.2, -0.15) is 0 Å². The summed E-state index contributed by atoms with van der Waals surface area (Å²) in [5, 5.41) is 0. The highest BCUT2D eigenvalue weighted by molar-refractivity contribution is 7.19. The molecule has 0 aromatic carbocycles. The van der Waals surface area contributed by atoms with E-state index in [0.29, 0.717) is 17.8 Å². The van der Waals surface area contributed by atoms with Gasteiger partial charge in [0.05, 0.1) is 15.9 Å². The van der Waals surface area contributed by atoms with E-state index in [2.05, 4.69) is 47.6 Å². The Labute approximate surface area is 113 Å². The predicted octanol–water partition coefficient (Wildman–Crippen LogP) is 5.06. The van der Waals surface area contributed by atoms with Crippen LogP contribution in [0.25, 0.3) is 10.2 Å². The molecule has 0 aliphatic heterocycles. The van der Waals surface area contributed by atoms with Gasteiger partial charge in [0.15, 0.2) is 0 Å². The van der Waals surface area contributed by atoms with Gasteiger partial charge in [-0.25, -0.2) is 9.97 Å². The van der Waals surface area contributed by atoms with Crippen LogP contribution in [0.2, 0.25) is 0 Å². The van der Waals surface area contributed by atoms with Crippen LogP contribution >= 0.6 is 11.3 Å². The molecule has 0 fully saturated rings. The van der Waals surface area contributed by atoms with Gasteiger partial charge in [-0.3, -0.25) is 0 Å². The maximum atomic E-state index is 4.77. The van der Waals surface area contributed by atoms with Crippen molar-refractivity contribution in [3.05, 3.63) is 22.5 Å². The number of aromatic nitrogens is 2. The minimum absolute atomic E-state index is 0.384. The van der Waals surface area contributed by atoms with Gasteiger partial charge in [0.1, 0.15) is 5.82 Å². The molecule has 2 rings (SSSR count). The maximum absolute atomic E-state index is 4.77. The lowest BCUT2D eigenvalue weighted by Crippen LogP contribution is -2.02. The fourth-order valence-corrected chi connectivity index (χ4v) is 3.16. The molecule has 0 bridgehead atoms. The molecule has 0 aliphatic rings. The molecule has 3 heteroatoms. The van der Waals surface area contributed by atoms with E-state index in [1.165, 1.54) is 15.3 Å². The van der Waals surface area contributed by atoms with Crippen LogP contribution in [0.5, 0.6) is 0 Å². The van der Waals surface area contributed by atoms with Crippen molar-refractivity contribution in [2.75, 3.05) is 0 Å². The minimum Gasteiger partial charge on any atom is -0.236 e. The maximum Gasteiger partial charge on any atom is 0.131 e. The fraction of sp³-hybridized carbons (Fsp3) is 0.600. The summed E-state index contributed by atoms with van der Waals surface area (Å²) in [7, 11) is 0. The third-order valence-corrected chi connectivity index (χ3v) is 4.51. The highest BCUT2D eigenvalue weighted by Gasteiger charge is 2.16. The third kappa shape index (κ3) is 2.41. The molecular weight excluding hydrogens is 240 g/mol. The van der Waals surface area contributed by atoms with E-state index in [-0.39, 0.29) is 0 Å². The van der Waals surface area contributed by atoms with Crippen LogP contribution in [0.1, 0.15) is 75.7 Å². The molecule has 0 aliphatic carbocycles. The van der Waals surface area contributed by atoms with Crippen molar-refractivity contribution in [3.8, 4) is 0 Å². The van der Waals surface area contributed by atoms with Crippen molar-refractivity contribution in [2.45, 2.75) is 59.3 Å². The third-order valence-electron chi connectivity index (χ3n) is 3.07. The molecule has 2 heterocycles. The van der Waals surface area contributed by atoms with E-state index in [1.54, 1.807) is 0 Å². The first kappa shape index (κ1) is 13.5. The zero-order valence-electron chi connectivity index (χ0n) is 12.1. The second-order valence-electron chi connectivity index (χ2n) is 5.79. The van der Waals surface area contributed by atoms with Crippen LogP contribution < -0.4 is 0 Å². The van der Waals surface area contributed by atoms with E-state index in [4.69, 9.17) is 9.97 Å². The van der Waals surface area contributed by atoms with E-state index in [9.17, 15) is 0 Å². The van der Waals surface area contributed by atoms with Gasteiger partial charge in [0.2, 0.25) is 0 Å². The minimum atomic E-state index is 0.384. The Morgan fingerprint density at radius 2 is 1.56 bits per heavy atom. The summed E-state index contributed by atoms with van der Waals surface area (Å²) in [5.74, 6) is 2.37. The van der Waals surface area contributed by atoms with Crippen LogP contribution in [0.15, 0.2) is 6.07 Å². The van der Waals surface area contributed by atoms with Gasteiger partial charge in [0.25, 0.3) is 0 Å². The highest BCUT2D eigenvalue weighted by Crippen LogP contribution is 2.34. The molecule has 2 nitrogen and oxygen atoms in total. The number of hydrogen-bond donors (Lipinski definition) is 0. The summed E-state index contributed by atoms with van der Waals surface area (Å²) in [4.78, 5) is 10.9. The monoisotopic (exact) mass is 262 g/mol. The van der Waals surface area contributed by atoms with Crippen molar-refractivity contribution in [3.63, 3.8) is 0 Å². The Bertz CT molecular complexity index is 553. The Balaban J connectivity index is 2.69. The Morgan fingerprint density at radius 1 is 0.889 bits per heavy atom. The van der Waals surface area contributed by atoms with Gasteiger partial charge in [-0.05, 0) is 17.9 Å². The van der Waals surface area contributed by atoms with Crippen LogP contribution in [0.4, 0.5) is 0 Å². The SMILES string of the molecule is CC(C)c1nc(C(C)C)c2sc(C(C)C)cc2n1. The second kappa shape index (κ2) is 4.96. The standard InChI is InChI=1S/C15H22N2S/c1-8(2)12-7-11-14(18-12)13(9(3)4)17-15(16-11)10(5)6/h7-10H,1-6H3. The van der Waals surface area contributed by atoms with Crippen molar-refractivity contribution >= 4 is 21.6 Å². The smallest absolute Gasteiger partial charge is 0.131 e.